The highest BCUT2D eigenvalue weighted by molar-refractivity contribution is 6.32. The number of halogens is 4. The van der Waals surface area contributed by atoms with Crippen LogP contribution in [0.15, 0.2) is 0 Å². The summed E-state index contributed by atoms with van der Waals surface area (Å²) in [6.07, 6.45) is 5.26. The lowest BCUT2D eigenvalue weighted by molar-refractivity contribution is 0.338. The first-order valence-electron chi connectivity index (χ1n) is 7.06. The van der Waals surface area contributed by atoms with Gasteiger partial charge in [-0.15, -0.1) is 0 Å². The summed E-state index contributed by atoms with van der Waals surface area (Å²) in [4.78, 5) is 0. The average Bonchev–Trinajstić information content (AvgIpc) is 2.36. The molecule has 17 heteroatoms. The molecule has 9 nitrogen and oxygen atoms in total. The fourth-order valence-corrected chi connectivity index (χ4v) is 0.729. The molecule has 0 saturated heterocycles. The molecule has 0 spiro atoms. The first-order chi connectivity index (χ1) is 11.3. The highest BCUT2D eigenvalue weighted by Gasteiger charge is 1.98. The zero-order chi connectivity index (χ0) is 21.3. The highest BCUT2D eigenvalue weighted by Crippen LogP contribution is 1.85. The third kappa shape index (κ3) is 350. The van der Waals surface area contributed by atoms with E-state index in [1.54, 1.807) is 0 Å². The van der Waals surface area contributed by atoms with Gasteiger partial charge in [-0.1, -0.05) is 26.7 Å². The number of unbranched alkanes of at least 4 members (excludes halogenated alkanes) is 2. The van der Waals surface area contributed by atoms with Crippen LogP contribution >= 0.6 is 0 Å². The second-order valence-corrected chi connectivity index (χ2v) is 3.70. The number of rotatable bonds is 6. The molecule has 0 aliphatic rings. The minimum Gasteiger partial charge on any atom is -0.398 e. The van der Waals surface area contributed by atoms with E-state index in [1.165, 1.54) is 38.8 Å². The third-order valence-corrected chi connectivity index (χ3v) is 1.41. The molecule has 152 valence electrons. The van der Waals surface area contributed by atoms with E-state index < -0.39 is 29.6 Å². The first kappa shape index (κ1) is 35.7. The van der Waals surface area contributed by atoms with Crippen molar-refractivity contribution in [1.82, 2.24) is 5.32 Å². The molecule has 25 heavy (non-hydrogen) atoms. The second kappa shape index (κ2) is 34.9. The molecule has 0 aromatic carbocycles. The third-order valence-electron chi connectivity index (χ3n) is 1.41. The van der Waals surface area contributed by atoms with Crippen LogP contribution in [0.1, 0.15) is 39.5 Å². The zero-order valence-electron chi connectivity index (χ0n) is 14.1. The molecule has 0 radical (unpaired) electrons. The van der Waals surface area contributed by atoms with Crippen molar-refractivity contribution < 1.29 is 57.5 Å². The van der Waals surface area contributed by atoms with Crippen LogP contribution in [0.4, 0.5) is 17.3 Å². The predicted octanol–water partition coefficient (Wildman–Crippen LogP) is -2.12. The van der Waals surface area contributed by atoms with Gasteiger partial charge in [0.25, 0.3) is 0 Å². The quantitative estimate of drug-likeness (QED) is 0.141. The maximum absolute atomic E-state index is 10.1. The van der Waals surface area contributed by atoms with E-state index >= 15 is 0 Å². The molecule has 0 rings (SSSR count). The Morgan fingerprint density at radius 2 is 0.720 bits per heavy atom. The Morgan fingerprint density at radius 3 is 0.840 bits per heavy atom. The SMILES string of the molecule is CCCCNCCCC.OB(O)F.OB(O)F.OB(O)F.OB(O)F. The molecule has 0 aromatic heterocycles. The van der Waals surface area contributed by atoms with Crippen molar-refractivity contribution in [3.63, 3.8) is 0 Å². The minimum atomic E-state index is -2.67. The van der Waals surface area contributed by atoms with E-state index in [2.05, 4.69) is 19.2 Å². The van der Waals surface area contributed by atoms with Gasteiger partial charge in [0.2, 0.25) is 0 Å². The van der Waals surface area contributed by atoms with Gasteiger partial charge >= 0.3 is 29.6 Å². The van der Waals surface area contributed by atoms with Gasteiger partial charge in [0.15, 0.2) is 0 Å². The standard InChI is InChI=1S/C8H19N.4BFH2O2/c1-3-5-7-9-8-6-4-2;4*2-1(3)4/h9H,3-8H2,1-2H3;4*3-4H. The normalized spacial score (nSPS) is 7.92. The van der Waals surface area contributed by atoms with E-state index in [0.717, 1.165) is 0 Å². The van der Waals surface area contributed by atoms with Crippen molar-refractivity contribution in [2.24, 2.45) is 0 Å². The number of hydrogen-bond acceptors (Lipinski definition) is 9. The van der Waals surface area contributed by atoms with Crippen molar-refractivity contribution in [3.05, 3.63) is 0 Å². The second-order valence-electron chi connectivity index (χ2n) is 3.70. The van der Waals surface area contributed by atoms with Crippen LogP contribution in [0.2, 0.25) is 0 Å². The molecule has 0 aliphatic heterocycles. The minimum absolute atomic E-state index is 1.20. The Hall–Kier alpha value is -0.380. The van der Waals surface area contributed by atoms with Crippen LogP contribution in [0.3, 0.4) is 0 Å². The fraction of sp³-hybridized carbons (Fsp3) is 1.00. The highest BCUT2D eigenvalue weighted by atomic mass is 19.1. The van der Waals surface area contributed by atoms with Gasteiger partial charge in [0.1, 0.15) is 0 Å². The molecule has 0 unspecified atom stereocenters. The van der Waals surface area contributed by atoms with Gasteiger partial charge in [-0.3, -0.25) is 17.3 Å². The lowest BCUT2D eigenvalue weighted by Gasteiger charge is -1.99. The molecular formula is C8H27B4F4NO8. The van der Waals surface area contributed by atoms with Crippen LogP contribution in [0.25, 0.3) is 0 Å². The van der Waals surface area contributed by atoms with Gasteiger partial charge in [0, 0.05) is 0 Å². The van der Waals surface area contributed by atoms with Gasteiger partial charge in [-0.2, -0.15) is 0 Å². The lowest BCUT2D eigenvalue weighted by Crippen LogP contribution is -2.15. The molecule has 0 amide bonds. The maximum atomic E-state index is 10.1. The van der Waals surface area contributed by atoms with E-state index in [1.807, 2.05) is 0 Å². The van der Waals surface area contributed by atoms with Crippen LogP contribution in [-0.4, -0.2) is 82.9 Å². The average molecular weight is 385 g/mol. The summed E-state index contributed by atoms with van der Waals surface area (Å²) < 4.78 is 40.4. The van der Waals surface area contributed by atoms with E-state index in [9.17, 15) is 17.3 Å². The summed E-state index contributed by atoms with van der Waals surface area (Å²) >= 11 is 0. The van der Waals surface area contributed by atoms with Gasteiger partial charge in [0.05, 0.1) is 0 Å². The van der Waals surface area contributed by atoms with Crippen LogP contribution in [0.5, 0.6) is 0 Å². The number of nitrogens with one attached hydrogen (secondary N) is 1. The molecular weight excluding hydrogens is 357 g/mol. The molecule has 0 atom stereocenters. The van der Waals surface area contributed by atoms with Crippen LogP contribution in [-0.2, 0) is 0 Å². The summed E-state index contributed by atoms with van der Waals surface area (Å²) in [6, 6.07) is 0. The fourth-order valence-electron chi connectivity index (χ4n) is 0.729. The Bertz CT molecular complexity index is 164. The summed E-state index contributed by atoms with van der Waals surface area (Å²) in [5, 5.41) is 58.9. The summed E-state index contributed by atoms with van der Waals surface area (Å²) in [5.41, 5.74) is 0. The molecule has 0 aromatic rings. The van der Waals surface area contributed by atoms with Crippen molar-refractivity contribution in [2.45, 2.75) is 39.5 Å². The molecule has 0 saturated carbocycles. The van der Waals surface area contributed by atoms with Crippen molar-refractivity contribution >= 4 is 29.6 Å². The largest absolute Gasteiger partial charge is 0.674 e. The van der Waals surface area contributed by atoms with Crippen molar-refractivity contribution in [1.29, 1.82) is 0 Å². The number of hydrogen-bond donors (Lipinski definition) is 9. The van der Waals surface area contributed by atoms with E-state index in [-0.39, 0.29) is 0 Å². The van der Waals surface area contributed by atoms with Crippen LogP contribution < -0.4 is 5.32 Å². The maximum Gasteiger partial charge on any atom is 0.674 e. The van der Waals surface area contributed by atoms with Gasteiger partial charge in [-0.25, -0.2) is 0 Å². The lowest BCUT2D eigenvalue weighted by atomic mass is 10.3. The summed E-state index contributed by atoms with van der Waals surface area (Å²) in [7, 11) is -10.7. The predicted molar refractivity (Wildman–Crippen MR) is 87.9 cm³/mol. The zero-order valence-corrected chi connectivity index (χ0v) is 14.1. The van der Waals surface area contributed by atoms with Gasteiger partial charge in [-0.05, 0) is 25.9 Å². The summed E-state index contributed by atoms with van der Waals surface area (Å²) in [6.45, 7) is 6.86. The molecule has 0 heterocycles. The first-order valence-corrected chi connectivity index (χ1v) is 7.06. The molecule has 0 bridgehead atoms. The Labute approximate surface area is 146 Å². The van der Waals surface area contributed by atoms with Gasteiger partial charge < -0.3 is 45.5 Å². The molecule has 0 fully saturated rings. The topological polar surface area (TPSA) is 174 Å². The van der Waals surface area contributed by atoms with E-state index in [0.29, 0.717) is 0 Å². The van der Waals surface area contributed by atoms with Crippen molar-refractivity contribution in [3.8, 4) is 0 Å². The van der Waals surface area contributed by atoms with Crippen LogP contribution in [0, 0.1) is 0 Å². The molecule has 9 N–H and O–H groups in total. The Kier molecular flexibility index (Phi) is 49.8. The molecule has 0 aliphatic carbocycles. The van der Waals surface area contributed by atoms with E-state index in [4.69, 9.17) is 40.2 Å². The Balaban J connectivity index is -0.0000000714. The Morgan fingerprint density at radius 1 is 0.560 bits per heavy atom. The monoisotopic (exact) mass is 385 g/mol. The summed E-state index contributed by atoms with van der Waals surface area (Å²) in [5.74, 6) is 0. The smallest absolute Gasteiger partial charge is 0.398 e. The van der Waals surface area contributed by atoms with Crippen molar-refractivity contribution in [2.75, 3.05) is 13.1 Å².